The summed E-state index contributed by atoms with van der Waals surface area (Å²) in [4.78, 5) is 35.0. The first-order valence-electron chi connectivity index (χ1n) is 15.1. The molecular weight excluding hydrogens is 558 g/mol. The van der Waals surface area contributed by atoms with Crippen molar-refractivity contribution < 1.29 is 27.9 Å². The maximum Gasteiger partial charge on any atom is 0.407 e. The lowest BCUT2D eigenvalue weighted by atomic mass is 10.0. The summed E-state index contributed by atoms with van der Waals surface area (Å²) in [6.07, 6.45) is -1.70. The summed E-state index contributed by atoms with van der Waals surface area (Å²) in [6, 6.07) is 3.01. The van der Waals surface area contributed by atoms with E-state index in [0.717, 1.165) is 17.0 Å². The van der Waals surface area contributed by atoms with E-state index in [4.69, 9.17) is 4.74 Å². The molecule has 2 aliphatic heterocycles. The Morgan fingerprint density at radius 2 is 1.81 bits per heavy atom. The molecule has 5 atom stereocenters. The molecule has 3 N–H and O–H groups in total. The Kier molecular flexibility index (Phi) is 11.4. The van der Waals surface area contributed by atoms with E-state index in [1.807, 2.05) is 60.3 Å². The second-order valence-corrected chi connectivity index (χ2v) is 15.6. The Bertz CT molecular complexity index is 1180. The molecule has 12 heteroatoms. The van der Waals surface area contributed by atoms with Crippen molar-refractivity contribution in [1.82, 2.24) is 25.4 Å². The number of aromatic nitrogens is 1. The Morgan fingerprint density at radius 1 is 1.17 bits per heavy atom. The lowest BCUT2D eigenvalue weighted by Crippen LogP contribution is -2.63. The average molecular weight is 610 g/mol. The third-order valence-electron chi connectivity index (χ3n) is 7.94. The molecule has 0 unspecified atom stereocenters. The highest BCUT2D eigenvalue weighted by molar-refractivity contribution is 7.92. The number of nitrogens with one attached hydrogen (secondary N) is 2. The summed E-state index contributed by atoms with van der Waals surface area (Å²) in [6.45, 7) is 17.9. The average Bonchev–Trinajstić information content (AvgIpc) is 3.15. The zero-order valence-electron chi connectivity index (χ0n) is 26.5. The van der Waals surface area contributed by atoms with Gasteiger partial charge < -0.3 is 20.5 Å². The molecule has 238 valence electrons. The number of rotatable bonds is 10. The van der Waals surface area contributed by atoms with Crippen LogP contribution in [-0.2, 0) is 25.9 Å². The number of β-amino-alcohol motifs (C(OH)–C–C–N with tert-alkyl or cyclic N) is 1. The molecule has 42 heavy (non-hydrogen) atoms. The number of hydrogen-bond acceptors (Lipinski definition) is 9. The Morgan fingerprint density at radius 3 is 2.38 bits per heavy atom. The summed E-state index contributed by atoms with van der Waals surface area (Å²) in [5.74, 6) is -0.286. The molecule has 1 aromatic rings. The lowest BCUT2D eigenvalue weighted by molar-refractivity contribution is -0.131. The highest BCUT2D eigenvalue weighted by Crippen LogP contribution is 2.29. The normalized spacial score (nSPS) is 24.8. The summed E-state index contributed by atoms with van der Waals surface area (Å²) in [5.41, 5.74) is 2.65. The van der Waals surface area contributed by atoms with Gasteiger partial charge in [0.15, 0.2) is 9.84 Å². The lowest BCUT2D eigenvalue weighted by Gasteiger charge is -2.43. The maximum atomic E-state index is 13.5. The van der Waals surface area contributed by atoms with Crippen LogP contribution in [0.25, 0.3) is 0 Å². The molecule has 0 bridgehead atoms. The number of aliphatic hydroxyl groups excluding tert-OH is 1. The molecular formula is C30H51N5O6S. The van der Waals surface area contributed by atoms with E-state index in [2.05, 4.69) is 32.7 Å². The number of hydrogen-bond donors (Lipinski definition) is 3. The molecule has 0 aromatic carbocycles. The first-order valence-corrected chi connectivity index (χ1v) is 16.8. The number of sulfone groups is 1. The van der Waals surface area contributed by atoms with E-state index in [1.54, 1.807) is 0 Å². The number of aliphatic hydroxyl groups is 1. The van der Waals surface area contributed by atoms with Gasteiger partial charge in [-0.2, -0.15) is 0 Å². The maximum absolute atomic E-state index is 13.5. The van der Waals surface area contributed by atoms with Crippen LogP contribution in [0.15, 0.2) is 12.1 Å². The molecule has 3 heterocycles. The van der Waals surface area contributed by atoms with Crippen LogP contribution in [0.5, 0.6) is 0 Å². The highest BCUT2D eigenvalue weighted by atomic mass is 32.2. The van der Waals surface area contributed by atoms with Gasteiger partial charge in [-0.1, -0.05) is 20.8 Å². The monoisotopic (exact) mass is 609 g/mol. The SMILES string of the molecule is CC[C@H](NC(=O)O[C@@H]1CCS(=O)(=O)[C@@H]1C(C)C)[C@H](O)CN1CCN(Cc2cc(C)nc(C)c2)C[C@H]1C(=O)NC(C)(C)C. The van der Waals surface area contributed by atoms with Gasteiger partial charge in [-0.3, -0.25) is 19.6 Å². The summed E-state index contributed by atoms with van der Waals surface area (Å²) in [7, 11) is -3.31. The summed E-state index contributed by atoms with van der Waals surface area (Å²) < 4.78 is 30.4. The molecule has 0 radical (unpaired) electrons. The predicted octanol–water partition coefficient (Wildman–Crippen LogP) is 2.18. The molecule has 0 spiro atoms. The molecule has 1 aromatic heterocycles. The van der Waals surface area contributed by atoms with Crippen LogP contribution in [0.2, 0.25) is 0 Å². The van der Waals surface area contributed by atoms with Crippen LogP contribution in [0.1, 0.15) is 71.3 Å². The van der Waals surface area contributed by atoms with Gasteiger partial charge in [-0.05, 0) is 71.1 Å². The van der Waals surface area contributed by atoms with Crippen molar-refractivity contribution in [2.24, 2.45) is 5.92 Å². The molecule has 2 amide bonds. The van der Waals surface area contributed by atoms with E-state index in [9.17, 15) is 23.1 Å². The second kappa shape index (κ2) is 14.0. The van der Waals surface area contributed by atoms with Crippen molar-refractivity contribution in [3.05, 3.63) is 29.1 Å². The number of ether oxygens (including phenoxy) is 1. The Hall–Kier alpha value is -2.28. The van der Waals surface area contributed by atoms with Crippen LogP contribution >= 0.6 is 0 Å². The molecule has 2 fully saturated rings. The van der Waals surface area contributed by atoms with Gasteiger partial charge in [0.2, 0.25) is 5.91 Å². The number of nitrogens with zero attached hydrogens (tertiary/aromatic N) is 3. The van der Waals surface area contributed by atoms with Gasteiger partial charge in [0, 0.05) is 49.7 Å². The number of aryl methyl sites for hydroxylation is 2. The van der Waals surface area contributed by atoms with Gasteiger partial charge in [0.25, 0.3) is 0 Å². The molecule has 3 rings (SSSR count). The van der Waals surface area contributed by atoms with Crippen LogP contribution < -0.4 is 10.6 Å². The zero-order valence-corrected chi connectivity index (χ0v) is 27.3. The van der Waals surface area contributed by atoms with Crippen molar-refractivity contribution in [2.45, 2.75) is 110 Å². The quantitative estimate of drug-likeness (QED) is 0.364. The van der Waals surface area contributed by atoms with E-state index in [1.165, 1.54) is 0 Å². The van der Waals surface area contributed by atoms with Crippen LogP contribution in [0.3, 0.4) is 0 Å². The van der Waals surface area contributed by atoms with Crippen LogP contribution in [0, 0.1) is 19.8 Å². The van der Waals surface area contributed by atoms with E-state index in [0.29, 0.717) is 32.6 Å². The Balaban J connectivity index is 1.67. The van der Waals surface area contributed by atoms with Crippen molar-refractivity contribution in [3.8, 4) is 0 Å². The van der Waals surface area contributed by atoms with Gasteiger partial charge in [0.05, 0.1) is 17.9 Å². The third kappa shape index (κ3) is 9.36. The van der Waals surface area contributed by atoms with Gasteiger partial charge in [-0.25, -0.2) is 13.2 Å². The number of alkyl carbamates (subject to hydrolysis) is 1. The van der Waals surface area contributed by atoms with Crippen molar-refractivity contribution in [1.29, 1.82) is 0 Å². The first kappa shape index (κ1) is 34.2. The Labute approximate surface area is 251 Å². The van der Waals surface area contributed by atoms with Crippen molar-refractivity contribution in [3.63, 3.8) is 0 Å². The molecule has 2 aliphatic rings. The molecule has 0 saturated carbocycles. The fraction of sp³-hybridized carbons (Fsp3) is 0.767. The minimum atomic E-state index is -3.31. The number of carbonyl (C=O) groups is 2. The van der Waals surface area contributed by atoms with Gasteiger partial charge in [-0.15, -0.1) is 0 Å². The molecule has 11 nitrogen and oxygen atoms in total. The topological polar surface area (TPSA) is 141 Å². The fourth-order valence-corrected chi connectivity index (χ4v) is 8.47. The first-order chi connectivity index (χ1) is 19.5. The number of piperazine rings is 1. The third-order valence-corrected chi connectivity index (χ3v) is 10.4. The minimum absolute atomic E-state index is 0.00199. The predicted molar refractivity (Wildman–Crippen MR) is 163 cm³/mol. The largest absolute Gasteiger partial charge is 0.445 e. The standard InChI is InChI=1S/C30H51N5O6S/c1-9-23(32-29(38)41-26-10-13-42(39,40)27(26)19(2)3)25(36)18-35-12-11-34(16-22-14-20(4)31-21(5)15-22)17-24(35)28(37)33-30(6,7)8/h14-15,19,23-27,36H,9-13,16-18H2,1-8H3,(H,32,38)(H,33,37)/t23-,24-,25+,26+,27+/m0/s1. The van der Waals surface area contributed by atoms with Crippen molar-refractivity contribution in [2.75, 3.05) is 31.9 Å². The fourth-order valence-electron chi connectivity index (χ4n) is 6.15. The van der Waals surface area contributed by atoms with Crippen molar-refractivity contribution >= 4 is 21.8 Å². The summed E-state index contributed by atoms with van der Waals surface area (Å²) >= 11 is 0. The minimum Gasteiger partial charge on any atom is -0.445 e. The molecule has 0 aliphatic carbocycles. The van der Waals surface area contributed by atoms with Crippen LogP contribution in [-0.4, -0.2) is 107 Å². The molecule has 2 saturated heterocycles. The number of amides is 2. The number of carbonyl (C=O) groups excluding carboxylic acids is 2. The second-order valence-electron chi connectivity index (χ2n) is 13.3. The summed E-state index contributed by atoms with van der Waals surface area (Å²) in [5, 5.41) is 16.3. The van der Waals surface area contributed by atoms with E-state index >= 15 is 0 Å². The van der Waals surface area contributed by atoms with Gasteiger partial charge >= 0.3 is 6.09 Å². The van der Waals surface area contributed by atoms with Crippen LogP contribution in [0.4, 0.5) is 4.79 Å². The van der Waals surface area contributed by atoms with E-state index in [-0.39, 0.29) is 30.5 Å². The van der Waals surface area contributed by atoms with E-state index < -0.39 is 51.0 Å². The highest BCUT2D eigenvalue weighted by Gasteiger charge is 2.44. The number of pyridine rings is 1. The zero-order chi connectivity index (χ0) is 31.4. The van der Waals surface area contributed by atoms with Gasteiger partial charge in [0.1, 0.15) is 17.4 Å². The smallest absolute Gasteiger partial charge is 0.407 e.